The lowest BCUT2D eigenvalue weighted by Gasteiger charge is -2.10. The molecule has 11 heteroatoms. The number of halogens is 4. The second kappa shape index (κ2) is 6.92. The molecule has 0 unspecified atom stereocenters. The molecule has 0 N–H and O–H groups in total. The van der Waals surface area contributed by atoms with E-state index in [2.05, 4.69) is 20.2 Å². The number of aromatic nitrogens is 5. The molecule has 4 heterocycles. The van der Waals surface area contributed by atoms with Crippen LogP contribution in [-0.4, -0.2) is 24.7 Å². The van der Waals surface area contributed by atoms with E-state index in [1.165, 1.54) is 17.4 Å². The number of benzene rings is 1. The van der Waals surface area contributed by atoms with Crippen molar-refractivity contribution in [2.45, 2.75) is 6.18 Å². The van der Waals surface area contributed by atoms with Crippen molar-refractivity contribution >= 4 is 28.6 Å². The van der Waals surface area contributed by atoms with Crippen molar-refractivity contribution in [1.29, 1.82) is 0 Å². The minimum atomic E-state index is -4.63. The summed E-state index contributed by atoms with van der Waals surface area (Å²) in [5.74, 6) is 0.248. The van der Waals surface area contributed by atoms with Gasteiger partial charge in [-0.3, -0.25) is 0 Å². The predicted molar refractivity (Wildman–Crippen MR) is 105 cm³/mol. The lowest BCUT2D eigenvalue weighted by molar-refractivity contribution is -0.142. The van der Waals surface area contributed by atoms with Crippen molar-refractivity contribution in [2.75, 3.05) is 0 Å². The second-order valence-electron chi connectivity index (χ2n) is 6.23. The Bertz CT molecular complexity index is 1340. The van der Waals surface area contributed by atoms with Crippen molar-refractivity contribution in [1.82, 2.24) is 24.7 Å². The summed E-state index contributed by atoms with van der Waals surface area (Å²) in [5.41, 5.74) is 0.0222. The first kappa shape index (κ1) is 18.8. The van der Waals surface area contributed by atoms with Crippen LogP contribution in [0, 0.1) is 0 Å². The lowest BCUT2D eigenvalue weighted by atomic mass is 10.2. The highest BCUT2D eigenvalue weighted by Crippen LogP contribution is 2.34. The molecule has 5 rings (SSSR count). The number of rotatable bonds is 3. The molecule has 0 fully saturated rings. The quantitative estimate of drug-likeness (QED) is 0.347. The van der Waals surface area contributed by atoms with Crippen molar-refractivity contribution in [3.05, 3.63) is 64.6 Å². The van der Waals surface area contributed by atoms with Gasteiger partial charge in [-0.05, 0) is 41.8 Å². The maximum absolute atomic E-state index is 13.7. The zero-order valence-electron chi connectivity index (χ0n) is 14.8. The van der Waals surface area contributed by atoms with Crippen molar-refractivity contribution < 1.29 is 17.7 Å². The van der Waals surface area contributed by atoms with Crippen LogP contribution in [0.15, 0.2) is 58.4 Å². The fourth-order valence-electron chi connectivity index (χ4n) is 2.88. The van der Waals surface area contributed by atoms with Crippen molar-refractivity contribution in [3.63, 3.8) is 0 Å². The molecule has 0 saturated heterocycles. The highest BCUT2D eigenvalue weighted by atomic mass is 35.5. The Labute approximate surface area is 175 Å². The molecule has 150 valence electrons. The van der Waals surface area contributed by atoms with Crippen LogP contribution in [0.2, 0.25) is 5.02 Å². The number of hydrogen-bond donors (Lipinski definition) is 0. The Morgan fingerprint density at radius 2 is 1.80 bits per heavy atom. The van der Waals surface area contributed by atoms with Gasteiger partial charge < -0.3 is 4.52 Å². The van der Waals surface area contributed by atoms with Gasteiger partial charge in [-0.2, -0.15) is 23.3 Å². The third kappa shape index (κ3) is 3.33. The number of hydrogen-bond acceptors (Lipinski definition) is 6. The van der Waals surface area contributed by atoms with E-state index in [0.29, 0.717) is 15.5 Å². The van der Waals surface area contributed by atoms with Gasteiger partial charge in [0.15, 0.2) is 17.0 Å². The Balaban J connectivity index is 1.62. The molecule has 0 aliphatic rings. The molecule has 0 aliphatic carbocycles. The van der Waals surface area contributed by atoms with Crippen LogP contribution in [0.25, 0.3) is 39.2 Å². The monoisotopic (exact) mass is 447 g/mol. The Hall–Kier alpha value is -3.24. The molecule has 0 radical (unpaired) electrons. The summed E-state index contributed by atoms with van der Waals surface area (Å²) in [6.45, 7) is 0. The molecule has 0 saturated carbocycles. The largest absolute Gasteiger partial charge is 0.433 e. The highest BCUT2D eigenvalue weighted by Gasteiger charge is 2.35. The van der Waals surface area contributed by atoms with Crippen LogP contribution >= 0.6 is 22.9 Å². The van der Waals surface area contributed by atoms with E-state index in [-0.39, 0.29) is 28.8 Å². The van der Waals surface area contributed by atoms with E-state index in [1.807, 2.05) is 0 Å². The van der Waals surface area contributed by atoms with E-state index in [4.69, 9.17) is 16.1 Å². The van der Waals surface area contributed by atoms with Crippen LogP contribution in [0.4, 0.5) is 13.2 Å². The minimum absolute atomic E-state index is 0.0174. The topological polar surface area (TPSA) is 69.1 Å². The zero-order chi connectivity index (χ0) is 20.9. The molecule has 0 spiro atoms. The van der Waals surface area contributed by atoms with E-state index in [1.54, 1.807) is 41.8 Å². The molecular weight excluding hydrogens is 439 g/mol. The van der Waals surface area contributed by atoms with Gasteiger partial charge in [0.25, 0.3) is 5.89 Å². The zero-order valence-corrected chi connectivity index (χ0v) is 16.3. The Kier molecular flexibility index (Phi) is 4.33. The van der Waals surface area contributed by atoms with Gasteiger partial charge >= 0.3 is 6.18 Å². The van der Waals surface area contributed by atoms with E-state index in [0.717, 1.165) is 10.6 Å². The first-order valence-corrected chi connectivity index (χ1v) is 9.76. The number of alkyl halides is 3. The molecule has 0 bridgehead atoms. The fourth-order valence-corrected chi connectivity index (χ4v) is 3.69. The Morgan fingerprint density at radius 1 is 1.00 bits per heavy atom. The molecule has 0 amide bonds. The molecule has 4 aromatic heterocycles. The summed E-state index contributed by atoms with van der Waals surface area (Å²) in [6.07, 6.45) is -4.63. The summed E-state index contributed by atoms with van der Waals surface area (Å²) in [7, 11) is 0. The third-order valence-corrected chi connectivity index (χ3v) is 5.38. The van der Waals surface area contributed by atoms with Gasteiger partial charge in [-0.25, -0.2) is 9.50 Å². The molecule has 0 aliphatic heterocycles. The van der Waals surface area contributed by atoms with E-state index in [9.17, 15) is 13.2 Å². The normalized spacial score (nSPS) is 12.0. The summed E-state index contributed by atoms with van der Waals surface area (Å²) in [6, 6.07) is 12.6. The van der Waals surface area contributed by atoms with Gasteiger partial charge in [-0.15, -0.1) is 11.3 Å². The summed E-state index contributed by atoms with van der Waals surface area (Å²) < 4.78 is 46.9. The predicted octanol–water partition coefficient (Wildman–Crippen LogP) is 5.85. The molecule has 30 heavy (non-hydrogen) atoms. The first-order chi connectivity index (χ1) is 14.4. The number of thiophene rings is 1. The standard InChI is InChI=1S/C19H9ClF3N5OS/c20-11-5-3-10(4-6-11)17-25-18(29-27-17)13-9-16-24-12(14-2-1-7-30-14)8-15(19(21,22)23)28(16)26-13/h1-9H. The fraction of sp³-hybridized carbons (Fsp3) is 0.0526. The van der Waals surface area contributed by atoms with Gasteiger partial charge in [0, 0.05) is 16.7 Å². The van der Waals surface area contributed by atoms with Gasteiger partial charge in [0.2, 0.25) is 5.82 Å². The number of fused-ring (bicyclic) bond motifs is 1. The van der Waals surface area contributed by atoms with Gasteiger partial charge in [-0.1, -0.05) is 22.8 Å². The van der Waals surface area contributed by atoms with E-state index >= 15 is 0 Å². The average molecular weight is 448 g/mol. The number of nitrogens with zero attached hydrogens (tertiary/aromatic N) is 5. The average Bonchev–Trinajstić information content (AvgIpc) is 3.45. The van der Waals surface area contributed by atoms with Crippen LogP contribution in [0.5, 0.6) is 0 Å². The van der Waals surface area contributed by atoms with Crippen LogP contribution in [-0.2, 0) is 6.18 Å². The molecule has 5 aromatic rings. The summed E-state index contributed by atoms with van der Waals surface area (Å²) in [4.78, 5) is 9.17. The summed E-state index contributed by atoms with van der Waals surface area (Å²) >= 11 is 7.17. The minimum Gasteiger partial charge on any atom is -0.332 e. The third-order valence-electron chi connectivity index (χ3n) is 4.24. The maximum atomic E-state index is 13.7. The SMILES string of the molecule is FC(F)(F)c1cc(-c2cccs2)nc2cc(-c3nc(-c4ccc(Cl)cc4)no3)nn12. The van der Waals surface area contributed by atoms with Crippen molar-refractivity contribution in [2.24, 2.45) is 0 Å². The smallest absolute Gasteiger partial charge is 0.332 e. The molecule has 1 aromatic carbocycles. The Morgan fingerprint density at radius 3 is 2.50 bits per heavy atom. The molecule has 6 nitrogen and oxygen atoms in total. The second-order valence-corrected chi connectivity index (χ2v) is 7.62. The molecular formula is C19H9ClF3N5OS. The summed E-state index contributed by atoms with van der Waals surface area (Å²) in [5, 5.41) is 10.2. The highest BCUT2D eigenvalue weighted by molar-refractivity contribution is 7.13. The van der Waals surface area contributed by atoms with Crippen LogP contribution < -0.4 is 0 Å². The van der Waals surface area contributed by atoms with Crippen LogP contribution in [0.1, 0.15) is 5.69 Å². The molecule has 0 atom stereocenters. The first-order valence-electron chi connectivity index (χ1n) is 8.50. The van der Waals surface area contributed by atoms with Gasteiger partial charge in [0.05, 0.1) is 10.6 Å². The lowest BCUT2D eigenvalue weighted by Crippen LogP contribution is -2.13. The van der Waals surface area contributed by atoms with E-state index < -0.39 is 11.9 Å². The van der Waals surface area contributed by atoms with Crippen molar-refractivity contribution in [3.8, 4) is 33.5 Å². The van der Waals surface area contributed by atoms with Gasteiger partial charge in [0.1, 0.15) is 0 Å². The maximum Gasteiger partial charge on any atom is 0.433 e. The van der Waals surface area contributed by atoms with Crippen LogP contribution in [0.3, 0.4) is 0 Å².